The number of nitrogens with one attached hydrogen (secondary N) is 1. The molecule has 2 N–H and O–H groups in total. The van der Waals surface area contributed by atoms with Crippen LogP contribution in [0.15, 0.2) is 60.7 Å². The van der Waals surface area contributed by atoms with Crippen LogP contribution in [0.2, 0.25) is 0 Å². The summed E-state index contributed by atoms with van der Waals surface area (Å²) in [5, 5.41) is 14.6. The number of hydrogen-bond acceptors (Lipinski definition) is 4. The van der Waals surface area contributed by atoms with Gasteiger partial charge < -0.3 is 15.2 Å². The van der Waals surface area contributed by atoms with Crippen LogP contribution in [0.5, 0.6) is 0 Å². The predicted octanol–water partition coefficient (Wildman–Crippen LogP) is 3.62. The van der Waals surface area contributed by atoms with Crippen LogP contribution >= 0.6 is 24.8 Å². The molecule has 27 heavy (non-hydrogen) atoms. The summed E-state index contributed by atoms with van der Waals surface area (Å²) in [6, 6.07) is 20.4. The number of hydrogen-bond donors (Lipinski definition) is 2. The van der Waals surface area contributed by atoms with Crippen LogP contribution in [0.25, 0.3) is 0 Å². The molecule has 1 saturated heterocycles. The summed E-state index contributed by atoms with van der Waals surface area (Å²) in [6.07, 6.45) is -0.546. The van der Waals surface area contributed by atoms with Gasteiger partial charge in [0, 0.05) is 25.7 Å². The Balaban J connectivity index is 0.00000182. The third kappa shape index (κ3) is 7.07. The Bertz CT molecular complexity index is 625. The lowest BCUT2D eigenvalue weighted by Gasteiger charge is -2.34. The van der Waals surface area contributed by atoms with E-state index in [2.05, 4.69) is 41.4 Å². The quantitative estimate of drug-likeness (QED) is 0.728. The molecular weight excluding hydrogens is 383 g/mol. The number of aliphatic hydroxyl groups is 1. The van der Waals surface area contributed by atoms with E-state index in [1.165, 1.54) is 5.56 Å². The summed E-state index contributed by atoms with van der Waals surface area (Å²) in [5.41, 5.74) is 2.18. The van der Waals surface area contributed by atoms with Gasteiger partial charge in [-0.2, -0.15) is 0 Å². The minimum atomic E-state index is -0.546. The van der Waals surface area contributed by atoms with Gasteiger partial charge in [-0.15, -0.1) is 24.8 Å². The number of rotatable bonds is 7. The molecule has 0 amide bonds. The second-order valence-electron chi connectivity index (χ2n) is 6.67. The van der Waals surface area contributed by atoms with Gasteiger partial charge in [0.1, 0.15) is 0 Å². The Morgan fingerprint density at radius 2 is 1.44 bits per heavy atom. The molecule has 3 rings (SSSR count). The Morgan fingerprint density at radius 3 is 2.00 bits per heavy atom. The molecule has 1 heterocycles. The lowest BCUT2D eigenvalue weighted by atomic mass is 9.99. The summed E-state index contributed by atoms with van der Waals surface area (Å²) >= 11 is 0. The van der Waals surface area contributed by atoms with Crippen molar-refractivity contribution in [1.82, 2.24) is 10.2 Å². The van der Waals surface area contributed by atoms with Gasteiger partial charge in [0.2, 0.25) is 0 Å². The Labute approximate surface area is 174 Å². The molecule has 6 heteroatoms. The molecule has 0 bridgehead atoms. The monoisotopic (exact) mass is 412 g/mol. The number of benzene rings is 2. The molecule has 1 aliphatic heterocycles. The molecule has 3 atom stereocenters. The molecular formula is C21H30Cl2N2O2. The summed E-state index contributed by atoms with van der Waals surface area (Å²) < 4.78 is 5.45. The van der Waals surface area contributed by atoms with E-state index in [1.807, 2.05) is 36.4 Å². The van der Waals surface area contributed by atoms with E-state index in [-0.39, 0.29) is 36.9 Å². The first-order valence-corrected chi connectivity index (χ1v) is 9.08. The van der Waals surface area contributed by atoms with E-state index in [0.717, 1.165) is 38.4 Å². The van der Waals surface area contributed by atoms with Crippen molar-refractivity contribution < 1.29 is 9.84 Å². The second-order valence-corrected chi connectivity index (χ2v) is 6.67. The van der Waals surface area contributed by atoms with Crippen LogP contribution in [0.3, 0.4) is 0 Å². The van der Waals surface area contributed by atoms with E-state index < -0.39 is 6.10 Å². The first-order chi connectivity index (χ1) is 12.2. The van der Waals surface area contributed by atoms with Crippen molar-refractivity contribution in [2.75, 3.05) is 32.8 Å². The molecule has 1 fully saturated rings. The average Bonchev–Trinajstić information content (AvgIpc) is 2.69. The molecule has 0 aromatic heterocycles. The fraction of sp³-hybridized carbons (Fsp3) is 0.429. The van der Waals surface area contributed by atoms with Gasteiger partial charge in [0.05, 0.1) is 25.4 Å². The first kappa shape index (κ1) is 23.9. The molecule has 0 aliphatic carbocycles. The maximum atomic E-state index is 11.0. The van der Waals surface area contributed by atoms with Crippen molar-refractivity contribution in [3.05, 3.63) is 71.8 Å². The van der Waals surface area contributed by atoms with Crippen molar-refractivity contribution in [2.24, 2.45) is 0 Å². The van der Waals surface area contributed by atoms with Crippen LogP contribution in [0.1, 0.15) is 30.2 Å². The summed E-state index contributed by atoms with van der Waals surface area (Å²) in [7, 11) is 0. The van der Waals surface area contributed by atoms with E-state index >= 15 is 0 Å². The van der Waals surface area contributed by atoms with Crippen LogP contribution < -0.4 is 5.32 Å². The third-order valence-electron chi connectivity index (χ3n) is 4.84. The lowest BCUT2D eigenvalue weighted by molar-refractivity contribution is 0.0188. The van der Waals surface area contributed by atoms with Crippen LogP contribution in [0, 0.1) is 0 Å². The van der Waals surface area contributed by atoms with Gasteiger partial charge >= 0.3 is 0 Å². The van der Waals surface area contributed by atoms with E-state index in [9.17, 15) is 5.11 Å². The van der Waals surface area contributed by atoms with E-state index in [1.54, 1.807) is 0 Å². The van der Waals surface area contributed by atoms with Gasteiger partial charge in [-0.1, -0.05) is 60.7 Å². The van der Waals surface area contributed by atoms with E-state index in [0.29, 0.717) is 0 Å². The minimum absolute atomic E-state index is 0. The SMILES string of the molecule is C[C@H](NC(CN1CCOCC1)C(O)c1ccccc1)c1ccccc1.Cl.Cl. The maximum absolute atomic E-state index is 11.0. The molecule has 150 valence electrons. The van der Waals surface area contributed by atoms with E-state index in [4.69, 9.17) is 4.74 Å². The third-order valence-corrected chi connectivity index (χ3v) is 4.84. The molecule has 2 unspecified atom stereocenters. The standard InChI is InChI=1S/C21H28N2O2.2ClH/c1-17(18-8-4-2-5-9-18)22-20(16-23-12-14-25-15-13-23)21(24)19-10-6-3-7-11-19;;/h2-11,17,20-22,24H,12-16H2,1H3;2*1H/t17-,20?,21?;;/m0../s1. The number of morpholine rings is 1. The van der Waals surface area contributed by atoms with Crippen LogP contribution in [0.4, 0.5) is 0 Å². The topological polar surface area (TPSA) is 44.7 Å². The highest BCUT2D eigenvalue weighted by Crippen LogP contribution is 2.21. The highest BCUT2D eigenvalue weighted by atomic mass is 35.5. The fourth-order valence-corrected chi connectivity index (χ4v) is 3.35. The van der Waals surface area contributed by atoms with Crippen molar-refractivity contribution in [2.45, 2.75) is 25.1 Å². The molecule has 2 aromatic rings. The molecule has 0 radical (unpaired) electrons. The van der Waals surface area contributed by atoms with Gasteiger partial charge in [0.15, 0.2) is 0 Å². The largest absolute Gasteiger partial charge is 0.387 e. The second kappa shape index (κ2) is 12.3. The maximum Gasteiger partial charge on any atom is 0.0955 e. The fourth-order valence-electron chi connectivity index (χ4n) is 3.35. The number of nitrogens with zero attached hydrogens (tertiary/aromatic N) is 1. The Morgan fingerprint density at radius 1 is 0.926 bits per heavy atom. The molecule has 0 spiro atoms. The van der Waals surface area contributed by atoms with Crippen molar-refractivity contribution in [1.29, 1.82) is 0 Å². The van der Waals surface area contributed by atoms with Crippen molar-refractivity contribution in [3.63, 3.8) is 0 Å². The highest BCUT2D eigenvalue weighted by molar-refractivity contribution is 5.85. The predicted molar refractivity (Wildman–Crippen MR) is 115 cm³/mol. The zero-order valence-electron chi connectivity index (χ0n) is 15.7. The molecule has 2 aromatic carbocycles. The number of ether oxygens (including phenoxy) is 1. The number of halogens is 2. The summed E-state index contributed by atoms with van der Waals surface area (Å²) in [6.45, 7) is 6.32. The van der Waals surface area contributed by atoms with Crippen LogP contribution in [-0.2, 0) is 4.74 Å². The molecule has 1 aliphatic rings. The van der Waals surface area contributed by atoms with Gasteiger partial charge in [-0.3, -0.25) is 4.90 Å². The van der Waals surface area contributed by atoms with Crippen LogP contribution in [-0.4, -0.2) is 48.9 Å². The number of aliphatic hydroxyl groups excluding tert-OH is 1. The first-order valence-electron chi connectivity index (χ1n) is 9.08. The minimum Gasteiger partial charge on any atom is -0.387 e. The highest BCUT2D eigenvalue weighted by Gasteiger charge is 2.26. The van der Waals surface area contributed by atoms with Gasteiger partial charge in [-0.25, -0.2) is 0 Å². The summed E-state index contributed by atoms with van der Waals surface area (Å²) in [5.74, 6) is 0. The molecule has 4 nitrogen and oxygen atoms in total. The van der Waals surface area contributed by atoms with Crippen molar-refractivity contribution >= 4 is 24.8 Å². The zero-order chi connectivity index (χ0) is 17.5. The zero-order valence-corrected chi connectivity index (χ0v) is 17.3. The van der Waals surface area contributed by atoms with Gasteiger partial charge in [-0.05, 0) is 18.1 Å². The summed E-state index contributed by atoms with van der Waals surface area (Å²) in [4.78, 5) is 2.37. The normalized spacial score (nSPS) is 17.9. The average molecular weight is 413 g/mol. The van der Waals surface area contributed by atoms with Crippen molar-refractivity contribution in [3.8, 4) is 0 Å². The van der Waals surface area contributed by atoms with Gasteiger partial charge in [0.25, 0.3) is 0 Å². The lowest BCUT2D eigenvalue weighted by Crippen LogP contribution is -2.48. The Kier molecular flexibility index (Phi) is 10.9. The Hall–Kier alpha value is -1.14. The smallest absolute Gasteiger partial charge is 0.0955 e. The molecule has 0 saturated carbocycles.